The maximum atomic E-state index is 12.1. The number of benzene rings is 1. The molecule has 0 aliphatic heterocycles. The molecule has 0 radical (unpaired) electrons. The Morgan fingerprint density at radius 2 is 2.10 bits per heavy atom. The van der Waals surface area contributed by atoms with Crippen molar-refractivity contribution in [2.75, 3.05) is 5.32 Å². The van der Waals surface area contributed by atoms with Gasteiger partial charge in [-0.25, -0.2) is 0 Å². The van der Waals surface area contributed by atoms with Gasteiger partial charge in [-0.2, -0.15) is 5.26 Å². The second-order valence-corrected chi connectivity index (χ2v) is 6.41. The van der Waals surface area contributed by atoms with Crippen LogP contribution in [0.5, 0.6) is 0 Å². The SMILES string of the molecule is Cc1ccc(Cl)cc1NC(=O)/C(C#N)=C\c1ccc(Cl)s1. The van der Waals surface area contributed by atoms with Crippen LogP contribution in [0.1, 0.15) is 10.4 Å². The van der Waals surface area contributed by atoms with Gasteiger partial charge in [-0.3, -0.25) is 4.79 Å². The predicted octanol–water partition coefficient (Wildman–Crippen LogP) is 4.91. The van der Waals surface area contributed by atoms with Crippen molar-refractivity contribution in [2.45, 2.75) is 6.92 Å². The number of nitrogens with one attached hydrogen (secondary N) is 1. The standard InChI is InChI=1S/C15H10Cl2N2OS/c1-9-2-3-11(16)7-13(9)19-15(20)10(8-18)6-12-4-5-14(17)21-12/h2-7H,1H3,(H,19,20)/b10-6-. The lowest BCUT2D eigenvalue weighted by Gasteiger charge is -2.08. The van der Waals surface area contributed by atoms with Gasteiger partial charge in [0.1, 0.15) is 11.6 Å². The summed E-state index contributed by atoms with van der Waals surface area (Å²) in [5.41, 5.74) is 1.45. The molecule has 0 atom stereocenters. The first-order chi connectivity index (χ1) is 9.99. The average Bonchev–Trinajstić information content (AvgIpc) is 2.85. The second kappa shape index (κ2) is 6.77. The molecule has 1 aromatic carbocycles. The highest BCUT2D eigenvalue weighted by molar-refractivity contribution is 7.17. The molecule has 2 aromatic rings. The van der Waals surface area contributed by atoms with Crippen LogP contribution in [-0.4, -0.2) is 5.91 Å². The number of carbonyl (C=O) groups excluding carboxylic acids is 1. The molecule has 0 aliphatic rings. The van der Waals surface area contributed by atoms with Crippen LogP contribution in [0.2, 0.25) is 9.36 Å². The number of nitriles is 1. The van der Waals surface area contributed by atoms with E-state index >= 15 is 0 Å². The third kappa shape index (κ3) is 4.08. The van der Waals surface area contributed by atoms with Gasteiger partial charge in [0, 0.05) is 15.6 Å². The van der Waals surface area contributed by atoms with E-state index in [1.807, 2.05) is 13.0 Å². The fraction of sp³-hybridized carbons (Fsp3) is 0.0667. The number of carbonyl (C=O) groups is 1. The van der Waals surface area contributed by atoms with Crippen molar-refractivity contribution in [1.29, 1.82) is 5.26 Å². The maximum Gasteiger partial charge on any atom is 0.266 e. The van der Waals surface area contributed by atoms with Crippen LogP contribution in [0, 0.1) is 18.3 Å². The summed E-state index contributed by atoms with van der Waals surface area (Å²) in [5.74, 6) is -0.479. The molecule has 0 aliphatic carbocycles. The molecule has 6 heteroatoms. The van der Waals surface area contributed by atoms with Gasteiger partial charge in [0.05, 0.1) is 4.34 Å². The van der Waals surface area contributed by atoms with Crippen molar-refractivity contribution in [3.05, 3.63) is 55.7 Å². The fourth-order valence-corrected chi connectivity index (χ4v) is 2.79. The molecule has 0 fully saturated rings. The maximum absolute atomic E-state index is 12.1. The zero-order chi connectivity index (χ0) is 15.4. The van der Waals surface area contributed by atoms with E-state index in [-0.39, 0.29) is 5.57 Å². The number of hydrogen-bond donors (Lipinski definition) is 1. The molecule has 1 amide bonds. The van der Waals surface area contributed by atoms with Crippen molar-refractivity contribution < 1.29 is 4.79 Å². The van der Waals surface area contributed by atoms with Crippen LogP contribution in [0.4, 0.5) is 5.69 Å². The molecule has 0 saturated carbocycles. The number of anilines is 1. The summed E-state index contributed by atoms with van der Waals surface area (Å²) in [6, 6.07) is 10.5. The number of thiophene rings is 1. The Kier molecular flexibility index (Phi) is 5.03. The minimum Gasteiger partial charge on any atom is -0.321 e. The highest BCUT2D eigenvalue weighted by Gasteiger charge is 2.11. The van der Waals surface area contributed by atoms with Gasteiger partial charge in [0.15, 0.2) is 0 Å². The quantitative estimate of drug-likeness (QED) is 0.639. The summed E-state index contributed by atoms with van der Waals surface area (Å²) in [6.07, 6.45) is 1.51. The molecule has 3 nitrogen and oxygen atoms in total. The number of nitrogens with zero attached hydrogens (tertiary/aromatic N) is 1. The Morgan fingerprint density at radius 3 is 2.71 bits per heavy atom. The molecule has 1 heterocycles. The van der Waals surface area contributed by atoms with Crippen LogP contribution < -0.4 is 5.32 Å². The van der Waals surface area contributed by atoms with Gasteiger partial charge in [-0.1, -0.05) is 29.3 Å². The summed E-state index contributed by atoms with van der Waals surface area (Å²) in [7, 11) is 0. The first-order valence-corrected chi connectivity index (χ1v) is 7.51. The Bertz CT molecular complexity index is 759. The first kappa shape index (κ1) is 15.6. The van der Waals surface area contributed by atoms with Crippen molar-refractivity contribution in [3.63, 3.8) is 0 Å². The Labute approximate surface area is 136 Å². The Morgan fingerprint density at radius 1 is 1.33 bits per heavy atom. The van der Waals surface area contributed by atoms with Gasteiger partial charge in [-0.05, 0) is 42.8 Å². The number of amides is 1. The van der Waals surface area contributed by atoms with Crippen molar-refractivity contribution >= 4 is 52.2 Å². The van der Waals surface area contributed by atoms with Crippen LogP contribution in [0.15, 0.2) is 35.9 Å². The average molecular weight is 337 g/mol. The normalized spacial score (nSPS) is 11.0. The molecular formula is C15H10Cl2N2OS. The molecule has 2 rings (SSSR count). The van der Waals surface area contributed by atoms with E-state index in [1.165, 1.54) is 17.4 Å². The minimum atomic E-state index is -0.479. The molecule has 0 bridgehead atoms. The number of aryl methyl sites for hydroxylation is 1. The zero-order valence-electron chi connectivity index (χ0n) is 11.0. The monoisotopic (exact) mass is 336 g/mol. The van der Waals surface area contributed by atoms with Crippen molar-refractivity contribution in [2.24, 2.45) is 0 Å². The van der Waals surface area contributed by atoms with E-state index in [0.717, 1.165) is 10.4 Å². The number of halogens is 2. The van der Waals surface area contributed by atoms with Crippen LogP contribution in [0.25, 0.3) is 6.08 Å². The Hall–Kier alpha value is -1.80. The topological polar surface area (TPSA) is 52.9 Å². The van der Waals surface area contributed by atoms with Gasteiger partial charge in [-0.15, -0.1) is 11.3 Å². The zero-order valence-corrected chi connectivity index (χ0v) is 13.3. The van der Waals surface area contributed by atoms with Crippen molar-refractivity contribution in [1.82, 2.24) is 0 Å². The molecular weight excluding hydrogens is 327 g/mol. The summed E-state index contributed by atoms with van der Waals surface area (Å²) in [5, 5.41) is 12.3. The van der Waals surface area contributed by atoms with Gasteiger partial charge < -0.3 is 5.32 Å². The lowest BCUT2D eigenvalue weighted by atomic mass is 10.2. The lowest BCUT2D eigenvalue weighted by Crippen LogP contribution is -2.14. The highest BCUT2D eigenvalue weighted by atomic mass is 35.5. The van der Waals surface area contributed by atoms with Gasteiger partial charge >= 0.3 is 0 Å². The van der Waals surface area contributed by atoms with Crippen LogP contribution in [0.3, 0.4) is 0 Å². The summed E-state index contributed by atoms with van der Waals surface area (Å²) in [4.78, 5) is 12.9. The summed E-state index contributed by atoms with van der Waals surface area (Å²) < 4.78 is 0.602. The summed E-state index contributed by atoms with van der Waals surface area (Å²) >= 11 is 13.0. The molecule has 0 spiro atoms. The minimum absolute atomic E-state index is 0.00731. The predicted molar refractivity (Wildman–Crippen MR) is 87.7 cm³/mol. The molecule has 0 saturated heterocycles. The number of hydrogen-bond acceptors (Lipinski definition) is 3. The summed E-state index contributed by atoms with van der Waals surface area (Å²) in [6.45, 7) is 1.85. The van der Waals surface area contributed by atoms with Crippen LogP contribution in [-0.2, 0) is 4.79 Å². The molecule has 0 unspecified atom stereocenters. The van der Waals surface area contributed by atoms with Crippen LogP contribution >= 0.6 is 34.5 Å². The van der Waals surface area contributed by atoms with E-state index in [1.54, 1.807) is 30.3 Å². The lowest BCUT2D eigenvalue weighted by molar-refractivity contribution is -0.112. The third-order valence-corrected chi connectivity index (χ3v) is 4.11. The van der Waals surface area contributed by atoms with Crippen molar-refractivity contribution in [3.8, 4) is 6.07 Å². The second-order valence-electron chi connectivity index (χ2n) is 4.23. The van der Waals surface area contributed by atoms with E-state index in [9.17, 15) is 4.79 Å². The number of rotatable bonds is 3. The molecule has 1 N–H and O–H groups in total. The van der Waals surface area contributed by atoms with E-state index in [4.69, 9.17) is 28.5 Å². The molecule has 106 valence electrons. The van der Waals surface area contributed by atoms with Gasteiger partial charge in [0.25, 0.3) is 5.91 Å². The third-order valence-electron chi connectivity index (χ3n) is 2.69. The molecule has 21 heavy (non-hydrogen) atoms. The highest BCUT2D eigenvalue weighted by Crippen LogP contribution is 2.24. The van der Waals surface area contributed by atoms with E-state index in [0.29, 0.717) is 15.0 Å². The Balaban J connectivity index is 2.23. The smallest absolute Gasteiger partial charge is 0.266 e. The molecule has 1 aromatic heterocycles. The largest absolute Gasteiger partial charge is 0.321 e. The van der Waals surface area contributed by atoms with Gasteiger partial charge in [0.2, 0.25) is 0 Å². The first-order valence-electron chi connectivity index (χ1n) is 5.94. The van der Waals surface area contributed by atoms with E-state index < -0.39 is 5.91 Å². The van der Waals surface area contributed by atoms with E-state index in [2.05, 4.69) is 5.32 Å². The fourth-order valence-electron chi connectivity index (χ4n) is 1.62.